The molecule has 0 radical (unpaired) electrons. The molecule has 4 aliphatic rings. The Hall–Kier alpha value is -1.09. The fourth-order valence-electron chi connectivity index (χ4n) is 7.36. The number of rotatable bonds is 4. The number of carbonyl (C=O) groups is 1. The van der Waals surface area contributed by atoms with Crippen LogP contribution in [0.4, 0.5) is 0 Å². The van der Waals surface area contributed by atoms with Crippen molar-refractivity contribution >= 4 is 5.97 Å². The van der Waals surface area contributed by atoms with Crippen LogP contribution in [0.3, 0.4) is 0 Å². The summed E-state index contributed by atoms with van der Waals surface area (Å²) in [4.78, 5) is 11.0. The SMILES string of the molecule is C[C@H](CCC(=O)O)[C@H]1CCC2=C3CC[C@@H]4C[C@H](O)CC[C@]4(C)[C@H]3C=C[C@@]21C. The van der Waals surface area contributed by atoms with Crippen LogP contribution in [0.15, 0.2) is 23.3 Å². The summed E-state index contributed by atoms with van der Waals surface area (Å²) in [5, 5.41) is 19.2. The van der Waals surface area contributed by atoms with Gasteiger partial charge in [-0.05, 0) is 74.5 Å². The molecule has 0 aromatic rings. The van der Waals surface area contributed by atoms with Gasteiger partial charge in [-0.2, -0.15) is 0 Å². The van der Waals surface area contributed by atoms with E-state index in [1.165, 1.54) is 25.7 Å². The summed E-state index contributed by atoms with van der Waals surface area (Å²) in [6.45, 7) is 7.14. The molecule has 3 nitrogen and oxygen atoms in total. The molecule has 4 aliphatic carbocycles. The van der Waals surface area contributed by atoms with Gasteiger partial charge in [0.2, 0.25) is 0 Å². The second-order valence-corrected chi connectivity index (χ2v) is 10.3. The first-order chi connectivity index (χ1) is 12.8. The molecule has 3 fully saturated rings. The summed E-state index contributed by atoms with van der Waals surface area (Å²) in [5.74, 6) is 1.54. The molecule has 3 heteroatoms. The standard InChI is InChI=1S/C24H36O3/c1-15(4-9-22(26)27)19-7-8-20-18-6-5-16-14-17(25)10-12-23(16,2)21(18)11-13-24(19,20)3/h11,13,15-17,19,21,25H,4-10,12,14H2,1-3H3,(H,26,27)/t15-,16-,17-,19-,21+,23+,24-/m1/s1. The minimum Gasteiger partial charge on any atom is -0.481 e. The molecule has 150 valence electrons. The first-order valence-electron chi connectivity index (χ1n) is 11.1. The molecule has 27 heavy (non-hydrogen) atoms. The quantitative estimate of drug-likeness (QED) is 0.654. The number of fused-ring (bicyclic) bond motifs is 4. The largest absolute Gasteiger partial charge is 0.481 e. The molecule has 3 saturated carbocycles. The highest BCUT2D eigenvalue weighted by molar-refractivity contribution is 5.66. The molecule has 2 N–H and O–H groups in total. The normalized spacial score (nSPS) is 44.4. The molecule has 0 aromatic heterocycles. The van der Waals surface area contributed by atoms with Crippen molar-refractivity contribution in [2.45, 2.75) is 84.7 Å². The first-order valence-corrected chi connectivity index (χ1v) is 11.1. The summed E-state index contributed by atoms with van der Waals surface area (Å²) >= 11 is 0. The van der Waals surface area contributed by atoms with Crippen LogP contribution in [0.1, 0.15) is 78.6 Å². The monoisotopic (exact) mass is 372 g/mol. The minimum atomic E-state index is -0.673. The second-order valence-electron chi connectivity index (χ2n) is 10.3. The number of aliphatic carboxylic acids is 1. The van der Waals surface area contributed by atoms with E-state index in [2.05, 4.69) is 32.9 Å². The topological polar surface area (TPSA) is 57.5 Å². The van der Waals surface area contributed by atoms with Gasteiger partial charge in [-0.1, -0.05) is 44.1 Å². The van der Waals surface area contributed by atoms with Crippen LogP contribution in [-0.4, -0.2) is 22.3 Å². The lowest BCUT2D eigenvalue weighted by molar-refractivity contribution is -0.137. The summed E-state index contributed by atoms with van der Waals surface area (Å²) in [7, 11) is 0. The van der Waals surface area contributed by atoms with Crippen molar-refractivity contribution in [3.8, 4) is 0 Å². The minimum absolute atomic E-state index is 0.0962. The van der Waals surface area contributed by atoms with Gasteiger partial charge in [0.05, 0.1) is 6.10 Å². The summed E-state index contributed by atoms with van der Waals surface area (Å²) in [6.07, 6.45) is 13.9. The molecule has 0 aromatic carbocycles. The molecule has 0 heterocycles. The lowest BCUT2D eigenvalue weighted by Crippen LogP contribution is -2.46. The molecule has 0 spiro atoms. The van der Waals surface area contributed by atoms with Gasteiger partial charge >= 0.3 is 5.97 Å². The van der Waals surface area contributed by atoms with Crippen molar-refractivity contribution in [2.75, 3.05) is 0 Å². The van der Waals surface area contributed by atoms with E-state index in [0.717, 1.165) is 25.7 Å². The number of carboxylic acid groups (broad SMARTS) is 1. The van der Waals surface area contributed by atoms with Gasteiger partial charge in [0.25, 0.3) is 0 Å². The lowest BCUT2D eigenvalue weighted by Gasteiger charge is -2.54. The van der Waals surface area contributed by atoms with E-state index < -0.39 is 5.97 Å². The molecule has 0 aliphatic heterocycles. The van der Waals surface area contributed by atoms with Gasteiger partial charge in [-0.25, -0.2) is 0 Å². The third kappa shape index (κ3) is 3.01. The van der Waals surface area contributed by atoms with Gasteiger partial charge < -0.3 is 10.2 Å². The van der Waals surface area contributed by atoms with Crippen LogP contribution in [0, 0.1) is 34.5 Å². The van der Waals surface area contributed by atoms with Crippen LogP contribution in [-0.2, 0) is 4.79 Å². The van der Waals surface area contributed by atoms with Crippen LogP contribution in [0.5, 0.6) is 0 Å². The van der Waals surface area contributed by atoms with Gasteiger partial charge in [0.1, 0.15) is 0 Å². The Labute approximate surface area is 163 Å². The van der Waals surface area contributed by atoms with Gasteiger partial charge in [-0.3, -0.25) is 4.79 Å². The zero-order chi connectivity index (χ0) is 19.4. The fraction of sp³-hybridized carbons (Fsp3) is 0.792. The Kier molecular flexibility index (Phi) is 4.81. The zero-order valence-corrected chi connectivity index (χ0v) is 17.2. The number of carboxylic acids is 1. The Morgan fingerprint density at radius 2 is 2.04 bits per heavy atom. The van der Waals surface area contributed by atoms with Crippen molar-refractivity contribution in [2.24, 2.45) is 34.5 Å². The molecule has 0 amide bonds. The van der Waals surface area contributed by atoms with Crippen molar-refractivity contribution in [3.63, 3.8) is 0 Å². The predicted octanol–water partition coefficient (Wildman–Crippen LogP) is 5.35. The second kappa shape index (κ2) is 6.76. The van der Waals surface area contributed by atoms with E-state index in [1.807, 2.05) is 0 Å². The van der Waals surface area contributed by atoms with Crippen LogP contribution < -0.4 is 0 Å². The summed E-state index contributed by atoms with van der Waals surface area (Å²) in [5.41, 5.74) is 3.84. The molecule has 0 unspecified atom stereocenters. The highest BCUT2D eigenvalue weighted by Gasteiger charge is 2.53. The zero-order valence-electron chi connectivity index (χ0n) is 17.2. The fourth-order valence-corrected chi connectivity index (χ4v) is 7.36. The van der Waals surface area contributed by atoms with E-state index >= 15 is 0 Å². The lowest BCUT2D eigenvalue weighted by atomic mass is 9.50. The average Bonchev–Trinajstić information content (AvgIpc) is 2.97. The van der Waals surface area contributed by atoms with E-state index in [-0.39, 0.29) is 17.9 Å². The first kappa shape index (κ1) is 19.2. The summed E-state index contributed by atoms with van der Waals surface area (Å²) in [6, 6.07) is 0. The number of hydrogen-bond acceptors (Lipinski definition) is 2. The predicted molar refractivity (Wildman–Crippen MR) is 107 cm³/mol. The van der Waals surface area contributed by atoms with Crippen LogP contribution in [0.2, 0.25) is 0 Å². The Morgan fingerprint density at radius 3 is 2.78 bits per heavy atom. The highest BCUT2D eigenvalue weighted by Crippen LogP contribution is 2.63. The van der Waals surface area contributed by atoms with Crippen LogP contribution in [0.25, 0.3) is 0 Å². The number of hydrogen-bond donors (Lipinski definition) is 2. The van der Waals surface area contributed by atoms with Gasteiger partial charge in [0, 0.05) is 17.8 Å². The maximum Gasteiger partial charge on any atom is 0.303 e. The number of aliphatic hydroxyl groups is 1. The van der Waals surface area contributed by atoms with Gasteiger partial charge in [0.15, 0.2) is 0 Å². The molecular weight excluding hydrogens is 336 g/mol. The van der Waals surface area contributed by atoms with Gasteiger partial charge in [-0.15, -0.1) is 0 Å². The Morgan fingerprint density at radius 1 is 1.26 bits per heavy atom. The summed E-state index contributed by atoms with van der Waals surface area (Å²) < 4.78 is 0. The maximum atomic E-state index is 11.0. The van der Waals surface area contributed by atoms with Crippen molar-refractivity contribution < 1.29 is 15.0 Å². The molecule has 4 rings (SSSR count). The van der Waals surface area contributed by atoms with E-state index in [9.17, 15) is 9.90 Å². The Balaban J connectivity index is 1.60. The van der Waals surface area contributed by atoms with E-state index in [0.29, 0.717) is 29.1 Å². The van der Waals surface area contributed by atoms with Crippen molar-refractivity contribution in [1.82, 2.24) is 0 Å². The Bertz CT molecular complexity index is 677. The molecule has 0 saturated heterocycles. The van der Waals surface area contributed by atoms with Crippen LogP contribution >= 0.6 is 0 Å². The molecular formula is C24H36O3. The third-order valence-electron chi connectivity index (χ3n) is 9.00. The molecule has 0 bridgehead atoms. The number of allylic oxidation sites excluding steroid dienone is 4. The van der Waals surface area contributed by atoms with Crippen molar-refractivity contribution in [1.29, 1.82) is 0 Å². The maximum absolute atomic E-state index is 11.0. The highest BCUT2D eigenvalue weighted by atomic mass is 16.4. The molecule has 7 atom stereocenters. The van der Waals surface area contributed by atoms with E-state index in [4.69, 9.17) is 5.11 Å². The van der Waals surface area contributed by atoms with Crippen molar-refractivity contribution in [3.05, 3.63) is 23.3 Å². The average molecular weight is 373 g/mol. The smallest absolute Gasteiger partial charge is 0.303 e. The number of aliphatic hydroxyl groups excluding tert-OH is 1. The van der Waals surface area contributed by atoms with E-state index in [1.54, 1.807) is 11.1 Å². The third-order valence-corrected chi connectivity index (χ3v) is 9.00.